The van der Waals surface area contributed by atoms with Crippen molar-refractivity contribution in [2.24, 2.45) is 0 Å². The van der Waals surface area contributed by atoms with E-state index < -0.39 is 69.4 Å². The molecule has 1 aliphatic heterocycles. The first-order chi connectivity index (χ1) is 22.8. The molecule has 12 nitrogen and oxygen atoms in total. The number of esters is 4. The van der Waals surface area contributed by atoms with E-state index in [4.69, 9.17) is 28.2 Å². The first-order valence-electron chi connectivity index (χ1n) is 14.3. The Hall–Kier alpha value is -5.26. The van der Waals surface area contributed by atoms with Gasteiger partial charge in [-0.05, 0) is 48.5 Å². The van der Waals surface area contributed by atoms with Crippen molar-refractivity contribution < 1.29 is 56.8 Å². The fraction of sp³-hybridized carbons (Fsp3) is 0.176. The van der Waals surface area contributed by atoms with Crippen LogP contribution in [0.4, 0.5) is 0 Å². The zero-order valence-corrected chi connectivity index (χ0v) is 25.4. The summed E-state index contributed by atoms with van der Waals surface area (Å²) in [5, 5.41) is 0. The molecule has 0 radical (unpaired) electrons. The lowest BCUT2D eigenvalue weighted by Crippen LogP contribution is -2.63. The molecule has 0 bridgehead atoms. The summed E-state index contributed by atoms with van der Waals surface area (Å²) in [6, 6.07) is 31.3. The molecule has 4 aromatic rings. The molecule has 6 unspecified atom stereocenters. The number of carbonyl (C=O) groups is 4. The molecule has 1 N–H and O–H groups in total. The van der Waals surface area contributed by atoms with Gasteiger partial charge in [-0.25, -0.2) is 19.2 Å². The largest absolute Gasteiger partial charge is 0.694 e. The molecular weight excluding hydrogens is 631 g/mol. The maximum Gasteiger partial charge on any atom is 0.694 e. The third-order valence-electron chi connectivity index (χ3n) is 6.93. The smallest absolute Gasteiger partial charge is 0.452 e. The van der Waals surface area contributed by atoms with Crippen molar-refractivity contribution in [1.82, 2.24) is 0 Å². The van der Waals surface area contributed by atoms with E-state index >= 15 is 0 Å². The van der Waals surface area contributed by atoms with Gasteiger partial charge in [0.25, 0.3) is 0 Å². The van der Waals surface area contributed by atoms with Crippen molar-refractivity contribution in [1.29, 1.82) is 0 Å². The molecule has 1 heterocycles. The molecule has 6 atom stereocenters. The van der Waals surface area contributed by atoms with Gasteiger partial charge in [-0.3, -0.25) is 0 Å². The Morgan fingerprint density at radius 3 is 1.26 bits per heavy atom. The molecule has 4 aromatic carbocycles. The molecule has 0 amide bonds. The minimum atomic E-state index is -3.17. The van der Waals surface area contributed by atoms with Crippen molar-refractivity contribution in [3.8, 4) is 0 Å². The second kappa shape index (κ2) is 15.8. The Bertz CT molecular complexity index is 1690. The number of hydrogen-bond acceptors (Lipinski definition) is 11. The Morgan fingerprint density at radius 2 is 0.872 bits per heavy atom. The lowest BCUT2D eigenvalue weighted by Gasteiger charge is -2.43. The molecule has 0 aromatic heterocycles. The van der Waals surface area contributed by atoms with E-state index in [1.807, 2.05) is 0 Å². The maximum atomic E-state index is 13.5. The summed E-state index contributed by atoms with van der Waals surface area (Å²) in [6.45, 7) is -0.684. The van der Waals surface area contributed by atoms with Gasteiger partial charge in [-0.2, -0.15) is 0 Å². The molecule has 0 spiro atoms. The molecule has 1 saturated heterocycles. The van der Waals surface area contributed by atoms with Crippen LogP contribution in [-0.2, 0) is 32.8 Å². The third-order valence-corrected chi connectivity index (χ3v) is 7.30. The van der Waals surface area contributed by atoms with Crippen LogP contribution in [0.5, 0.6) is 0 Å². The molecular formula is C34H28O12P+. The summed E-state index contributed by atoms with van der Waals surface area (Å²) in [5.41, 5.74) is 0.439. The minimum Gasteiger partial charge on any atom is -0.452 e. The van der Waals surface area contributed by atoms with E-state index in [-0.39, 0.29) is 22.3 Å². The van der Waals surface area contributed by atoms with Crippen LogP contribution < -0.4 is 0 Å². The second-order valence-electron chi connectivity index (χ2n) is 10.1. The van der Waals surface area contributed by atoms with Crippen LogP contribution in [0.3, 0.4) is 0 Å². The van der Waals surface area contributed by atoms with Gasteiger partial charge in [0.1, 0.15) is 12.7 Å². The van der Waals surface area contributed by atoms with Gasteiger partial charge in [-0.1, -0.05) is 72.8 Å². The highest BCUT2D eigenvalue weighted by atomic mass is 31.1. The quantitative estimate of drug-likeness (QED) is 0.132. The monoisotopic (exact) mass is 659 g/mol. The van der Waals surface area contributed by atoms with Crippen LogP contribution in [0, 0.1) is 0 Å². The maximum absolute atomic E-state index is 13.5. The number of benzene rings is 4. The van der Waals surface area contributed by atoms with Crippen molar-refractivity contribution in [2.75, 3.05) is 6.61 Å². The summed E-state index contributed by atoms with van der Waals surface area (Å²) in [6.07, 6.45) is -8.25. The SMILES string of the molecule is O=C(OC1OC(CO[P+](=O)O)C(OC(=O)c2ccccc2)C(OC(=O)c2ccccc2)C1OC(=O)c1ccccc1)c1ccccc1. The van der Waals surface area contributed by atoms with Crippen LogP contribution in [0.1, 0.15) is 41.4 Å². The average Bonchev–Trinajstić information content (AvgIpc) is 3.11. The molecule has 0 aliphatic carbocycles. The Balaban J connectivity index is 1.57. The van der Waals surface area contributed by atoms with E-state index in [2.05, 4.69) is 0 Å². The molecule has 1 fully saturated rings. The van der Waals surface area contributed by atoms with Crippen LogP contribution in [0.25, 0.3) is 0 Å². The molecule has 0 saturated carbocycles. The van der Waals surface area contributed by atoms with E-state index in [9.17, 15) is 28.6 Å². The lowest BCUT2D eigenvalue weighted by molar-refractivity contribution is -0.281. The summed E-state index contributed by atoms with van der Waals surface area (Å²) in [7, 11) is -3.17. The van der Waals surface area contributed by atoms with Crippen molar-refractivity contribution in [2.45, 2.75) is 30.7 Å². The summed E-state index contributed by atoms with van der Waals surface area (Å²) in [5.74, 6) is -3.58. The van der Waals surface area contributed by atoms with Crippen molar-refractivity contribution in [3.05, 3.63) is 144 Å². The zero-order chi connectivity index (χ0) is 33.2. The van der Waals surface area contributed by atoms with Gasteiger partial charge >= 0.3 is 32.1 Å². The fourth-order valence-corrected chi connectivity index (χ4v) is 4.97. The van der Waals surface area contributed by atoms with Gasteiger partial charge in [0.05, 0.1) is 22.3 Å². The van der Waals surface area contributed by atoms with Gasteiger partial charge in [0, 0.05) is 4.57 Å². The fourth-order valence-electron chi connectivity index (χ4n) is 4.69. The molecule has 1 aliphatic rings. The Kier molecular flexibility index (Phi) is 11.2. The van der Waals surface area contributed by atoms with Crippen LogP contribution in [0.2, 0.25) is 0 Å². The first kappa shape index (κ1) is 33.1. The number of carbonyl (C=O) groups excluding carboxylic acids is 4. The number of rotatable bonds is 11. The van der Waals surface area contributed by atoms with Crippen molar-refractivity contribution in [3.63, 3.8) is 0 Å². The van der Waals surface area contributed by atoms with Gasteiger partial charge in [0.15, 0.2) is 12.2 Å². The van der Waals surface area contributed by atoms with E-state index in [0.717, 1.165) is 0 Å². The summed E-state index contributed by atoms with van der Waals surface area (Å²) >= 11 is 0. The number of ether oxygens (including phenoxy) is 5. The molecule has 13 heteroatoms. The van der Waals surface area contributed by atoms with E-state index in [1.54, 1.807) is 72.8 Å². The highest BCUT2D eigenvalue weighted by molar-refractivity contribution is 7.32. The second-order valence-corrected chi connectivity index (χ2v) is 10.8. The molecule has 240 valence electrons. The normalized spacial score (nSPS) is 20.7. The zero-order valence-electron chi connectivity index (χ0n) is 24.5. The summed E-state index contributed by atoms with van der Waals surface area (Å²) in [4.78, 5) is 62.9. The highest BCUT2D eigenvalue weighted by Gasteiger charge is 2.55. The van der Waals surface area contributed by atoms with Crippen LogP contribution in [0.15, 0.2) is 121 Å². The van der Waals surface area contributed by atoms with Gasteiger partial charge in [0.2, 0.25) is 12.4 Å². The predicted molar refractivity (Wildman–Crippen MR) is 163 cm³/mol. The standard InChI is InChI=1S/C34H27O12P/c35-30(22-13-5-1-6-14-22)43-27-26(21-41-47(39)40)42-34(46-33(38)25-19-11-4-12-20-25)29(45-32(37)24-17-9-3-10-18-24)28(27)44-31(36)23-15-7-2-8-16-23/h1-20,26-29,34H,21H2/p+1. The number of hydrogen-bond donors (Lipinski definition) is 1. The van der Waals surface area contributed by atoms with Crippen LogP contribution >= 0.6 is 8.25 Å². The summed E-state index contributed by atoms with van der Waals surface area (Å²) < 4.78 is 45.6. The van der Waals surface area contributed by atoms with E-state index in [1.165, 1.54) is 48.5 Å². The molecule has 5 rings (SSSR count). The average molecular weight is 660 g/mol. The third kappa shape index (κ3) is 8.72. The topological polar surface area (TPSA) is 161 Å². The molecule has 47 heavy (non-hydrogen) atoms. The highest BCUT2D eigenvalue weighted by Crippen LogP contribution is 2.33. The van der Waals surface area contributed by atoms with Crippen molar-refractivity contribution >= 4 is 32.1 Å². The first-order valence-corrected chi connectivity index (χ1v) is 15.4. The lowest BCUT2D eigenvalue weighted by atomic mass is 9.97. The minimum absolute atomic E-state index is 0.101. The Labute approximate surface area is 269 Å². The van der Waals surface area contributed by atoms with Gasteiger partial charge in [-0.15, -0.1) is 9.42 Å². The van der Waals surface area contributed by atoms with E-state index in [0.29, 0.717) is 0 Å². The Morgan fingerprint density at radius 1 is 0.532 bits per heavy atom. The van der Waals surface area contributed by atoms with Crippen LogP contribution in [-0.4, -0.2) is 66.1 Å². The van der Waals surface area contributed by atoms with Gasteiger partial charge < -0.3 is 23.7 Å². The predicted octanol–water partition coefficient (Wildman–Crippen LogP) is 4.91.